The number of amides is 1. The lowest BCUT2D eigenvalue weighted by molar-refractivity contribution is -0.137. The van der Waals surface area contributed by atoms with E-state index in [4.69, 9.17) is 5.11 Å². The van der Waals surface area contributed by atoms with Crippen LogP contribution >= 0.6 is 12.4 Å². The summed E-state index contributed by atoms with van der Waals surface area (Å²) in [5.74, 6) is -1.24. The molecule has 1 heterocycles. The molecule has 0 spiro atoms. The zero-order chi connectivity index (χ0) is 20.0. The summed E-state index contributed by atoms with van der Waals surface area (Å²) in [5, 5.41) is 11.4. The van der Waals surface area contributed by atoms with Gasteiger partial charge in [0.2, 0.25) is 15.9 Å². The first kappa shape index (κ1) is 24.4. The molecule has 0 bridgehead atoms. The van der Waals surface area contributed by atoms with Gasteiger partial charge in [0.1, 0.15) is 0 Å². The molecule has 2 rings (SSSR count). The first-order valence-electron chi connectivity index (χ1n) is 9.01. The molecule has 1 aromatic carbocycles. The molecule has 1 fully saturated rings. The number of carboxylic acid groups (broad SMARTS) is 1. The van der Waals surface area contributed by atoms with Crippen molar-refractivity contribution in [1.82, 2.24) is 9.21 Å². The summed E-state index contributed by atoms with van der Waals surface area (Å²) in [6, 6.07) is 4.74. The maximum Gasteiger partial charge on any atom is 0.304 e. The maximum atomic E-state index is 12.8. The molecule has 28 heavy (non-hydrogen) atoms. The number of carbonyl (C=O) groups is 2. The molecule has 0 atom stereocenters. The number of likely N-dealkylation sites (N-methyl/N-ethyl adjacent to an activating group) is 1. The van der Waals surface area contributed by atoms with E-state index in [9.17, 15) is 18.0 Å². The molecule has 1 amide bonds. The van der Waals surface area contributed by atoms with Gasteiger partial charge >= 0.3 is 5.97 Å². The van der Waals surface area contributed by atoms with E-state index in [1.165, 1.54) is 10.4 Å². The van der Waals surface area contributed by atoms with Crippen LogP contribution in [0.15, 0.2) is 23.1 Å². The van der Waals surface area contributed by atoms with Crippen LogP contribution in [0.25, 0.3) is 0 Å². The molecule has 0 radical (unpaired) electrons. The van der Waals surface area contributed by atoms with Crippen molar-refractivity contribution in [3.8, 4) is 0 Å². The molecular formula is C18H28ClN3O5S. The topological polar surface area (TPSA) is 107 Å². The molecule has 0 unspecified atom stereocenters. The second-order valence-electron chi connectivity index (χ2n) is 6.87. The van der Waals surface area contributed by atoms with Gasteiger partial charge in [-0.3, -0.25) is 14.5 Å². The Bertz CT molecular complexity index is 794. The van der Waals surface area contributed by atoms with E-state index in [1.807, 2.05) is 0 Å². The highest BCUT2D eigenvalue weighted by molar-refractivity contribution is 7.89. The number of hydrogen-bond donors (Lipinski definition) is 2. The van der Waals surface area contributed by atoms with Gasteiger partial charge in [0.15, 0.2) is 0 Å². The van der Waals surface area contributed by atoms with Crippen molar-refractivity contribution < 1.29 is 23.1 Å². The number of anilines is 1. The van der Waals surface area contributed by atoms with Gasteiger partial charge in [-0.05, 0) is 44.5 Å². The lowest BCUT2D eigenvalue weighted by atomic mass is 10.2. The summed E-state index contributed by atoms with van der Waals surface area (Å²) in [5.41, 5.74) is 1.21. The predicted octanol–water partition coefficient (Wildman–Crippen LogP) is 1.94. The first-order valence-corrected chi connectivity index (χ1v) is 10.4. The highest BCUT2D eigenvalue weighted by Gasteiger charge is 2.26. The van der Waals surface area contributed by atoms with Crippen LogP contribution in [0.2, 0.25) is 0 Å². The quantitative estimate of drug-likeness (QED) is 0.648. The molecule has 0 saturated carbocycles. The highest BCUT2D eigenvalue weighted by Crippen LogP contribution is 2.25. The van der Waals surface area contributed by atoms with Crippen molar-refractivity contribution in [2.24, 2.45) is 0 Å². The van der Waals surface area contributed by atoms with Gasteiger partial charge in [-0.2, -0.15) is 4.31 Å². The third kappa shape index (κ3) is 6.73. The van der Waals surface area contributed by atoms with Crippen molar-refractivity contribution in [2.45, 2.75) is 37.5 Å². The van der Waals surface area contributed by atoms with Gasteiger partial charge in [-0.1, -0.05) is 12.5 Å². The van der Waals surface area contributed by atoms with Crippen LogP contribution in [0.3, 0.4) is 0 Å². The van der Waals surface area contributed by atoms with E-state index >= 15 is 0 Å². The van der Waals surface area contributed by atoms with Crippen LogP contribution in [0.4, 0.5) is 5.69 Å². The van der Waals surface area contributed by atoms with Crippen LogP contribution in [0.1, 0.15) is 31.2 Å². The largest absolute Gasteiger partial charge is 0.481 e. The first-order chi connectivity index (χ1) is 12.7. The fourth-order valence-electron chi connectivity index (χ4n) is 2.95. The summed E-state index contributed by atoms with van der Waals surface area (Å²) < 4.78 is 27.1. The Morgan fingerprint density at radius 3 is 2.46 bits per heavy atom. The average Bonchev–Trinajstić information content (AvgIpc) is 2.62. The van der Waals surface area contributed by atoms with Crippen LogP contribution in [0, 0.1) is 6.92 Å². The predicted molar refractivity (Wildman–Crippen MR) is 109 cm³/mol. The van der Waals surface area contributed by atoms with Gasteiger partial charge in [0, 0.05) is 25.3 Å². The summed E-state index contributed by atoms with van der Waals surface area (Å²) >= 11 is 0. The zero-order valence-corrected chi connectivity index (χ0v) is 17.8. The third-order valence-corrected chi connectivity index (χ3v) is 6.45. The number of sulfonamides is 1. The number of halogens is 1. The van der Waals surface area contributed by atoms with E-state index < -0.39 is 16.0 Å². The standard InChI is InChI=1S/C18H27N3O5S.ClH/c1-14-6-7-15(27(25,26)21-9-4-3-5-10-21)12-16(14)19-17(22)13-20(2)11-8-18(23)24;/h6-7,12H,3-5,8-11,13H2,1-2H3,(H,19,22)(H,23,24);1H. The number of rotatable bonds is 8. The highest BCUT2D eigenvalue weighted by atomic mass is 35.5. The zero-order valence-electron chi connectivity index (χ0n) is 16.2. The third-order valence-electron chi connectivity index (χ3n) is 4.56. The van der Waals surface area contributed by atoms with Gasteiger partial charge in [-0.25, -0.2) is 8.42 Å². The van der Waals surface area contributed by atoms with Crippen molar-refractivity contribution in [3.05, 3.63) is 23.8 Å². The van der Waals surface area contributed by atoms with E-state index in [0.717, 1.165) is 24.8 Å². The van der Waals surface area contributed by atoms with Crippen LogP contribution < -0.4 is 5.32 Å². The van der Waals surface area contributed by atoms with E-state index in [1.54, 1.807) is 31.0 Å². The smallest absolute Gasteiger partial charge is 0.304 e. The molecule has 0 aromatic heterocycles. The number of carbonyl (C=O) groups excluding carboxylic acids is 1. The second-order valence-corrected chi connectivity index (χ2v) is 8.81. The Morgan fingerprint density at radius 1 is 1.21 bits per heavy atom. The van der Waals surface area contributed by atoms with Crippen molar-refractivity contribution in [1.29, 1.82) is 0 Å². The minimum atomic E-state index is -3.57. The van der Waals surface area contributed by atoms with Crippen LogP contribution in [-0.4, -0.2) is 67.8 Å². The van der Waals surface area contributed by atoms with Gasteiger partial charge in [-0.15, -0.1) is 12.4 Å². The summed E-state index contributed by atoms with van der Waals surface area (Å²) in [6.07, 6.45) is 2.71. The Labute approximate surface area is 172 Å². The minimum Gasteiger partial charge on any atom is -0.481 e. The van der Waals surface area contributed by atoms with Crippen LogP contribution in [-0.2, 0) is 19.6 Å². The molecule has 1 aliphatic rings. The lowest BCUT2D eigenvalue weighted by Gasteiger charge is -2.26. The molecule has 2 N–H and O–H groups in total. The number of nitrogens with one attached hydrogen (secondary N) is 1. The number of aryl methyl sites for hydroxylation is 1. The molecule has 0 aliphatic carbocycles. The number of nitrogens with zero attached hydrogens (tertiary/aromatic N) is 2. The van der Waals surface area contributed by atoms with Crippen LogP contribution in [0.5, 0.6) is 0 Å². The lowest BCUT2D eigenvalue weighted by Crippen LogP contribution is -2.35. The van der Waals surface area contributed by atoms with Gasteiger partial charge < -0.3 is 10.4 Å². The number of carboxylic acids is 1. The van der Waals surface area contributed by atoms with E-state index in [2.05, 4.69) is 5.32 Å². The monoisotopic (exact) mass is 433 g/mol. The minimum absolute atomic E-state index is 0. The average molecular weight is 434 g/mol. The molecule has 10 heteroatoms. The molecular weight excluding hydrogens is 406 g/mol. The van der Waals surface area contributed by atoms with Gasteiger partial charge in [0.25, 0.3) is 0 Å². The van der Waals surface area contributed by atoms with Crippen molar-refractivity contribution in [3.63, 3.8) is 0 Å². The Kier molecular flexibility index (Phi) is 9.35. The molecule has 1 aromatic rings. The molecule has 8 nitrogen and oxygen atoms in total. The molecule has 1 aliphatic heterocycles. The SMILES string of the molecule is Cc1ccc(S(=O)(=O)N2CCCCC2)cc1NC(=O)CN(C)CCC(=O)O.Cl. The number of aliphatic carboxylic acids is 1. The van der Waals surface area contributed by atoms with E-state index in [-0.39, 0.29) is 42.7 Å². The molecule has 1 saturated heterocycles. The number of hydrogen-bond acceptors (Lipinski definition) is 5. The number of piperidine rings is 1. The fraction of sp³-hybridized carbons (Fsp3) is 0.556. The van der Waals surface area contributed by atoms with E-state index in [0.29, 0.717) is 18.8 Å². The Morgan fingerprint density at radius 2 is 1.86 bits per heavy atom. The summed E-state index contributed by atoms with van der Waals surface area (Å²) in [4.78, 5) is 24.6. The second kappa shape index (κ2) is 10.8. The van der Waals surface area contributed by atoms with Crippen molar-refractivity contribution >= 4 is 40.0 Å². The maximum absolute atomic E-state index is 12.8. The summed E-state index contributed by atoms with van der Waals surface area (Å²) in [7, 11) is -1.91. The Hall–Kier alpha value is -1.68. The number of benzene rings is 1. The summed E-state index contributed by atoms with van der Waals surface area (Å²) in [6.45, 7) is 3.11. The van der Waals surface area contributed by atoms with Crippen molar-refractivity contribution in [2.75, 3.05) is 38.5 Å². The fourth-order valence-corrected chi connectivity index (χ4v) is 4.49. The normalized spacial score (nSPS) is 15.1. The molecule has 158 valence electrons. The Balaban J connectivity index is 0.00000392. The van der Waals surface area contributed by atoms with Gasteiger partial charge in [0.05, 0.1) is 17.9 Å².